The summed E-state index contributed by atoms with van der Waals surface area (Å²) in [6.45, 7) is 3.29. The van der Waals surface area contributed by atoms with E-state index in [9.17, 15) is 4.79 Å². The highest BCUT2D eigenvalue weighted by molar-refractivity contribution is 7.22. The Morgan fingerprint density at radius 2 is 2.04 bits per heavy atom. The summed E-state index contributed by atoms with van der Waals surface area (Å²) in [4.78, 5) is 22.9. The SMILES string of the molecule is Nc1ccc(-c2ccc3nc(NC(=O)CN4CCOCC4)sc3c2)cn1. The van der Waals surface area contributed by atoms with Gasteiger partial charge in [0.15, 0.2) is 5.13 Å². The normalized spacial score (nSPS) is 15.2. The number of anilines is 2. The van der Waals surface area contributed by atoms with Gasteiger partial charge in [-0.2, -0.15) is 0 Å². The Morgan fingerprint density at radius 1 is 1.23 bits per heavy atom. The minimum atomic E-state index is -0.0473. The Morgan fingerprint density at radius 3 is 2.81 bits per heavy atom. The second-order valence-electron chi connectivity index (χ2n) is 6.11. The first kappa shape index (κ1) is 16.9. The van der Waals surface area contributed by atoms with Gasteiger partial charge in [-0.15, -0.1) is 0 Å². The number of thiazole rings is 1. The van der Waals surface area contributed by atoms with Crippen LogP contribution in [0.15, 0.2) is 36.5 Å². The number of hydrogen-bond acceptors (Lipinski definition) is 7. The number of benzene rings is 1. The molecule has 0 unspecified atom stereocenters. The molecule has 134 valence electrons. The molecule has 1 aliphatic rings. The fourth-order valence-corrected chi connectivity index (χ4v) is 3.78. The van der Waals surface area contributed by atoms with Gasteiger partial charge in [0.25, 0.3) is 0 Å². The molecule has 1 aliphatic heterocycles. The van der Waals surface area contributed by atoms with E-state index in [1.165, 1.54) is 11.3 Å². The summed E-state index contributed by atoms with van der Waals surface area (Å²) in [7, 11) is 0. The predicted molar refractivity (Wildman–Crippen MR) is 103 cm³/mol. The number of pyridine rings is 1. The Bertz CT molecular complexity index is 919. The van der Waals surface area contributed by atoms with Crippen LogP contribution < -0.4 is 11.1 Å². The smallest absolute Gasteiger partial charge is 0.240 e. The molecule has 3 heterocycles. The first-order chi connectivity index (χ1) is 12.7. The average molecular weight is 369 g/mol. The van der Waals surface area contributed by atoms with E-state index >= 15 is 0 Å². The number of nitrogens with zero attached hydrogens (tertiary/aromatic N) is 3. The Balaban J connectivity index is 1.48. The van der Waals surface area contributed by atoms with Gasteiger partial charge in [0.2, 0.25) is 5.91 Å². The molecule has 0 atom stereocenters. The maximum absolute atomic E-state index is 12.2. The molecule has 1 aromatic carbocycles. The van der Waals surface area contributed by atoms with Crippen LogP contribution >= 0.6 is 11.3 Å². The van der Waals surface area contributed by atoms with Gasteiger partial charge in [0.1, 0.15) is 5.82 Å². The molecule has 26 heavy (non-hydrogen) atoms. The summed E-state index contributed by atoms with van der Waals surface area (Å²) in [5, 5.41) is 3.52. The van der Waals surface area contributed by atoms with E-state index < -0.39 is 0 Å². The minimum Gasteiger partial charge on any atom is -0.384 e. The summed E-state index contributed by atoms with van der Waals surface area (Å²) in [5.41, 5.74) is 8.54. The molecule has 2 aromatic heterocycles. The van der Waals surface area contributed by atoms with E-state index in [4.69, 9.17) is 10.5 Å². The van der Waals surface area contributed by atoms with Gasteiger partial charge in [-0.05, 0) is 29.8 Å². The molecule has 7 nitrogen and oxygen atoms in total. The lowest BCUT2D eigenvalue weighted by atomic mass is 10.1. The highest BCUT2D eigenvalue weighted by Gasteiger charge is 2.15. The molecule has 0 saturated carbocycles. The fourth-order valence-electron chi connectivity index (χ4n) is 2.85. The summed E-state index contributed by atoms with van der Waals surface area (Å²) in [6.07, 6.45) is 1.75. The topological polar surface area (TPSA) is 93.4 Å². The van der Waals surface area contributed by atoms with Crippen molar-refractivity contribution in [1.82, 2.24) is 14.9 Å². The van der Waals surface area contributed by atoms with Crippen LogP contribution in [0, 0.1) is 0 Å². The molecule has 4 rings (SSSR count). The second-order valence-corrected chi connectivity index (χ2v) is 7.14. The Hall–Kier alpha value is -2.55. The molecule has 0 spiro atoms. The van der Waals surface area contributed by atoms with Crippen molar-refractivity contribution in [3.63, 3.8) is 0 Å². The maximum Gasteiger partial charge on any atom is 0.240 e. The molecular formula is C18H19N5O2S. The molecule has 3 N–H and O–H groups in total. The lowest BCUT2D eigenvalue weighted by molar-refractivity contribution is -0.118. The number of ether oxygens (including phenoxy) is 1. The first-order valence-electron chi connectivity index (χ1n) is 8.40. The average Bonchev–Trinajstić information content (AvgIpc) is 3.04. The molecule has 0 aliphatic carbocycles. The van der Waals surface area contributed by atoms with Crippen LogP contribution in [0.5, 0.6) is 0 Å². The minimum absolute atomic E-state index is 0.0473. The number of fused-ring (bicyclic) bond motifs is 1. The molecule has 1 amide bonds. The zero-order valence-corrected chi connectivity index (χ0v) is 15.0. The third-order valence-electron chi connectivity index (χ3n) is 4.23. The van der Waals surface area contributed by atoms with E-state index in [-0.39, 0.29) is 5.91 Å². The molecule has 0 bridgehead atoms. The number of carbonyl (C=O) groups excluding carboxylic acids is 1. The highest BCUT2D eigenvalue weighted by atomic mass is 32.1. The van der Waals surface area contributed by atoms with E-state index in [1.807, 2.05) is 18.2 Å². The summed E-state index contributed by atoms with van der Waals surface area (Å²) in [6, 6.07) is 9.72. The summed E-state index contributed by atoms with van der Waals surface area (Å²) < 4.78 is 6.31. The summed E-state index contributed by atoms with van der Waals surface area (Å²) >= 11 is 1.47. The van der Waals surface area contributed by atoms with Gasteiger partial charge in [-0.1, -0.05) is 17.4 Å². The van der Waals surface area contributed by atoms with Crippen molar-refractivity contribution in [2.24, 2.45) is 0 Å². The van der Waals surface area contributed by atoms with Crippen LogP contribution in [0.4, 0.5) is 10.9 Å². The largest absolute Gasteiger partial charge is 0.384 e. The van der Waals surface area contributed by atoms with Gasteiger partial charge in [-0.3, -0.25) is 9.69 Å². The van der Waals surface area contributed by atoms with Crippen molar-refractivity contribution in [1.29, 1.82) is 0 Å². The Labute approximate surface area is 154 Å². The summed E-state index contributed by atoms with van der Waals surface area (Å²) in [5.74, 6) is 0.451. The zero-order chi connectivity index (χ0) is 17.9. The monoisotopic (exact) mass is 369 g/mol. The number of morpholine rings is 1. The molecule has 3 aromatic rings. The van der Waals surface area contributed by atoms with Gasteiger partial charge in [0.05, 0.1) is 30.0 Å². The zero-order valence-electron chi connectivity index (χ0n) is 14.1. The molecule has 8 heteroatoms. The van der Waals surface area contributed by atoms with Crippen molar-refractivity contribution >= 4 is 38.4 Å². The maximum atomic E-state index is 12.2. The molecule has 1 saturated heterocycles. The van der Waals surface area contributed by atoms with Crippen molar-refractivity contribution in [2.45, 2.75) is 0 Å². The lowest BCUT2D eigenvalue weighted by Gasteiger charge is -2.25. The van der Waals surface area contributed by atoms with Gasteiger partial charge < -0.3 is 15.8 Å². The third kappa shape index (κ3) is 3.82. The van der Waals surface area contributed by atoms with Crippen LogP contribution in [0.2, 0.25) is 0 Å². The number of nitrogen functional groups attached to an aromatic ring is 1. The van der Waals surface area contributed by atoms with Crippen molar-refractivity contribution in [3.05, 3.63) is 36.5 Å². The van der Waals surface area contributed by atoms with Gasteiger partial charge in [0, 0.05) is 24.8 Å². The van der Waals surface area contributed by atoms with E-state index in [1.54, 1.807) is 12.3 Å². The van der Waals surface area contributed by atoms with E-state index in [2.05, 4.69) is 26.3 Å². The predicted octanol–water partition coefficient (Wildman–Crippen LogP) is 2.21. The number of nitrogens with two attached hydrogens (primary N) is 1. The first-order valence-corrected chi connectivity index (χ1v) is 9.21. The third-order valence-corrected chi connectivity index (χ3v) is 5.16. The fraction of sp³-hybridized carbons (Fsp3) is 0.278. The van der Waals surface area contributed by atoms with E-state index in [0.29, 0.717) is 30.7 Å². The number of rotatable bonds is 4. The van der Waals surface area contributed by atoms with E-state index in [0.717, 1.165) is 34.4 Å². The van der Waals surface area contributed by atoms with Gasteiger partial charge in [-0.25, -0.2) is 9.97 Å². The van der Waals surface area contributed by atoms with Crippen molar-refractivity contribution < 1.29 is 9.53 Å². The number of amides is 1. The van der Waals surface area contributed by atoms with Crippen LogP contribution in [0.3, 0.4) is 0 Å². The van der Waals surface area contributed by atoms with Crippen LogP contribution in [-0.4, -0.2) is 53.6 Å². The van der Waals surface area contributed by atoms with Crippen LogP contribution in [-0.2, 0) is 9.53 Å². The van der Waals surface area contributed by atoms with Gasteiger partial charge >= 0.3 is 0 Å². The quantitative estimate of drug-likeness (QED) is 0.732. The standard InChI is InChI=1S/C18H19N5O2S/c19-16-4-2-13(10-20-16)12-1-3-14-15(9-12)26-18(21-14)22-17(24)11-23-5-7-25-8-6-23/h1-4,9-10H,5-8,11H2,(H2,19,20)(H,21,22,24). The van der Waals surface area contributed by atoms with Crippen LogP contribution in [0.1, 0.15) is 0 Å². The molecular weight excluding hydrogens is 350 g/mol. The van der Waals surface area contributed by atoms with Crippen LogP contribution in [0.25, 0.3) is 21.3 Å². The molecule has 0 radical (unpaired) electrons. The van der Waals surface area contributed by atoms with Crippen molar-refractivity contribution in [2.75, 3.05) is 43.9 Å². The second kappa shape index (κ2) is 7.36. The molecule has 1 fully saturated rings. The Kier molecular flexibility index (Phi) is 4.79. The highest BCUT2D eigenvalue weighted by Crippen LogP contribution is 2.30. The number of aromatic nitrogens is 2. The van der Waals surface area contributed by atoms with Crippen molar-refractivity contribution in [3.8, 4) is 11.1 Å². The number of nitrogens with one attached hydrogen (secondary N) is 1. The number of hydrogen-bond donors (Lipinski definition) is 2. The lowest BCUT2D eigenvalue weighted by Crippen LogP contribution is -2.41. The number of carbonyl (C=O) groups is 1.